The summed E-state index contributed by atoms with van der Waals surface area (Å²) in [6, 6.07) is 3.95. The Morgan fingerprint density at radius 3 is 2.60 bits per heavy atom. The Morgan fingerprint density at radius 2 is 2.10 bits per heavy atom. The lowest BCUT2D eigenvalue weighted by molar-refractivity contribution is -0.385. The fourth-order valence-electron chi connectivity index (χ4n) is 1.99. The van der Waals surface area contributed by atoms with E-state index >= 15 is 0 Å². The van der Waals surface area contributed by atoms with E-state index in [4.69, 9.17) is 0 Å². The lowest BCUT2D eigenvalue weighted by Crippen LogP contribution is -2.32. The summed E-state index contributed by atoms with van der Waals surface area (Å²) in [5, 5.41) is 20.0. The molecular formula is C12H16N2O5S. The molecule has 7 nitrogen and oxygen atoms in total. The Hall–Kier alpha value is -1.51. The number of hydrogen-bond donors (Lipinski definition) is 2. The number of benzene rings is 1. The number of aliphatic hydroxyl groups is 1. The van der Waals surface area contributed by atoms with Crippen molar-refractivity contribution in [1.29, 1.82) is 0 Å². The first-order valence-corrected chi connectivity index (χ1v) is 7.64. The molecule has 0 bridgehead atoms. The second kappa shape index (κ2) is 5.12. The Morgan fingerprint density at radius 1 is 1.45 bits per heavy atom. The van der Waals surface area contributed by atoms with Gasteiger partial charge in [0.15, 0.2) is 0 Å². The topological polar surface area (TPSA) is 110 Å². The van der Waals surface area contributed by atoms with E-state index < -0.39 is 14.9 Å². The van der Waals surface area contributed by atoms with Crippen molar-refractivity contribution < 1.29 is 18.4 Å². The molecule has 0 amide bonds. The summed E-state index contributed by atoms with van der Waals surface area (Å²) in [6.45, 7) is 1.49. The van der Waals surface area contributed by atoms with Crippen LogP contribution in [0.3, 0.4) is 0 Å². The van der Waals surface area contributed by atoms with Gasteiger partial charge in [-0.05, 0) is 25.8 Å². The average molecular weight is 300 g/mol. The van der Waals surface area contributed by atoms with Crippen LogP contribution in [-0.4, -0.2) is 31.6 Å². The SMILES string of the molecule is Cc1c([N+](=O)[O-])cccc1S(=O)(=O)NCC1(CO)CC1. The van der Waals surface area contributed by atoms with Crippen molar-refractivity contribution in [2.24, 2.45) is 5.41 Å². The lowest BCUT2D eigenvalue weighted by atomic mass is 10.1. The van der Waals surface area contributed by atoms with E-state index in [0.29, 0.717) is 0 Å². The predicted octanol–water partition coefficient (Wildman–Crippen LogP) is 0.954. The Labute approximate surface area is 116 Å². The van der Waals surface area contributed by atoms with Crippen LogP contribution in [0.15, 0.2) is 23.1 Å². The van der Waals surface area contributed by atoms with Crippen LogP contribution in [-0.2, 0) is 10.0 Å². The molecule has 1 aliphatic rings. The molecule has 0 aromatic heterocycles. The molecule has 1 aromatic rings. The van der Waals surface area contributed by atoms with Crippen LogP contribution in [0.2, 0.25) is 0 Å². The van der Waals surface area contributed by atoms with Crippen molar-refractivity contribution in [3.05, 3.63) is 33.9 Å². The first-order chi connectivity index (χ1) is 9.31. The number of hydrogen-bond acceptors (Lipinski definition) is 5. The minimum Gasteiger partial charge on any atom is -0.396 e. The van der Waals surface area contributed by atoms with Crippen molar-refractivity contribution in [1.82, 2.24) is 4.72 Å². The second-order valence-corrected chi connectivity index (χ2v) is 6.88. The largest absolute Gasteiger partial charge is 0.396 e. The molecular weight excluding hydrogens is 284 g/mol. The first-order valence-electron chi connectivity index (χ1n) is 6.16. The second-order valence-electron chi connectivity index (χ2n) is 5.14. The number of nitro benzene ring substituents is 1. The summed E-state index contributed by atoms with van der Waals surface area (Å²) in [5.74, 6) is 0. The zero-order chi connectivity index (χ0) is 15.0. The van der Waals surface area contributed by atoms with Crippen LogP contribution in [0.5, 0.6) is 0 Å². The highest BCUT2D eigenvalue weighted by Gasteiger charge is 2.42. The molecule has 0 radical (unpaired) electrons. The number of sulfonamides is 1. The van der Waals surface area contributed by atoms with Gasteiger partial charge in [-0.25, -0.2) is 13.1 Å². The lowest BCUT2D eigenvalue weighted by Gasteiger charge is -2.14. The van der Waals surface area contributed by atoms with Gasteiger partial charge in [0.25, 0.3) is 5.69 Å². The highest BCUT2D eigenvalue weighted by molar-refractivity contribution is 7.89. The third-order valence-corrected chi connectivity index (χ3v) is 5.22. The fourth-order valence-corrected chi connectivity index (χ4v) is 3.40. The van der Waals surface area contributed by atoms with Crippen molar-refractivity contribution in [2.45, 2.75) is 24.7 Å². The van der Waals surface area contributed by atoms with Crippen LogP contribution >= 0.6 is 0 Å². The van der Waals surface area contributed by atoms with E-state index in [9.17, 15) is 23.6 Å². The number of nitrogens with one attached hydrogen (secondary N) is 1. The minimum absolute atomic E-state index is 0.0660. The fraction of sp³-hybridized carbons (Fsp3) is 0.500. The molecule has 1 aliphatic carbocycles. The van der Waals surface area contributed by atoms with E-state index in [2.05, 4.69) is 4.72 Å². The number of rotatable bonds is 6. The summed E-state index contributed by atoms with van der Waals surface area (Å²) < 4.78 is 26.8. The molecule has 0 aliphatic heterocycles. The molecule has 0 atom stereocenters. The Kier molecular flexibility index (Phi) is 3.81. The maximum Gasteiger partial charge on any atom is 0.273 e. The molecule has 0 spiro atoms. The summed E-state index contributed by atoms with van der Waals surface area (Å²) in [7, 11) is -3.82. The Balaban J connectivity index is 2.26. The van der Waals surface area contributed by atoms with E-state index in [-0.39, 0.29) is 34.7 Å². The van der Waals surface area contributed by atoms with Gasteiger partial charge in [0.05, 0.1) is 9.82 Å². The number of aliphatic hydroxyl groups excluding tert-OH is 1. The first kappa shape index (κ1) is 14.9. The molecule has 0 unspecified atom stereocenters. The zero-order valence-electron chi connectivity index (χ0n) is 11.0. The molecule has 110 valence electrons. The molecule has 0 saturated heterocycles. The highest BCUT2D eigenvalue weighted by atomic mass is 32.2. The van der Waals surface area contributed by atoms with Crippen molar-refractivity contribution >= 4 is 15.7 Å². The summed E-state index contributed by atoms with van der Waals surface area (Å²) in [4.78, 5) is 10.1. The van der Waals surface area contributed by atoms with Gasteiger partial charge in [0.2, 0.25) is 10.0 Å². The normalized spacial score (nSPS) is 16.9. The average Bonchev–Trinajstić information content (AvgIpc) is 3.17. The van der Waals surface area contributed by atoms with Crippen LogP contribution < -0.4 is 4.72 Å². The van der Waals surface area contributed by atoms with Gasteiger partial charge in [0.1, 0.15) is 0 Å². The van der Waals surface area contributed by atoms with Gasteiger partial charge in [0, 0.05) is 30.2 Å². The predicted molar refractivity (Wildman–Crippen MR) is 71.8 cm³/mol. The van der Waals surface area contributed by atoms with Gasteiger partial charge < -0.3 is 5.11 Å². The minimum atomic E-state index is -3.82. The van der Waals surface area contributed by atoms with Gasteiger partial charge in [-0.15, -0.1) is 0 Å². The van der Waals surface area contributed by atoms with Gasteiger partial charge in [-0.2, -0.15) is 0 Å². The van der Waals surface area contributed by atoms with E-state index in [1.807, 2.05) is 0 Å². The molecule has 8 heteroatoms. The third-order valence-electron chi connectivity index (χ3n) is 3.67. The molecule has 0 heterocycles. The quantitative estimate of drug-likeness (QED) is 0.600. The zero-order valence-corrected chi connectivity index (χ0v) is 11.8. The summed E-state index contributed by atoms with van der Waals surface area (Å²) >= 11 is 0. The third kappa shape index (κ3) is 2.82. The highest BCUT2D eigenvalue weighted by Crippen LogP contribution is 2.44. The van der Waals surface area contributed by atoms with Gasteiger partial charge in [-0.3, -0.25) is 10.1 Å². The van der Waals surface area contributed by atoms with E-state index in [0.717, 1.165) is 12.8 Å². The molecule has 20 heavy (non-hydrogen) atoms. The molecule has 2 rings (SSSR count). The molecule has 2 N–H and O–H groups in total. The smallest absolute Gasteiger partial charge is 0.273 e. The summed E-state index contributed by atoms with van der Waals surface area (Å²) in [5.41, 5.74) is -0.475. The van der Waals surface area contributed by atoms with Crippen LogP contribution in [0.25, 0.3) is 0 Å². The van der Waals surface area contributed by atoms with Gasteiger partial charge >= 0.3 is 0 Å². The van der Waals surface area contributed by atoms with Crippen molar-refractivity contribution in [3.8, 4) is 0 Å². The molecule has 1 fully saturated rings. The van der Waals surface area contributed by atoms with Crippen molar-refractivity contribution in [2.75, 3.05) is 13.2 Å². The van der Waals surface area contributed by atoms with Crippen LogP contribution in [0, 0.1) is 22.5 Å². The Bertz CT molecular complexity index is 637. The van der Waals surface area contributed by atoms with Crippen molar-refractivity contribution in [3.63, 3.8) is 0 Å². The summed E-state index contributed by atoms with van der Waals surface area (Å²) in [6.07, 6.45) is 1.56. The van der Waals surface area contributed by atoms with E-state index in [1.165, 1.54) is 25.1 Å². The monoisotopic (exact) mass is 300 g/mol. The standard InChI is InChI=1S/C12H16N2O5S/c1-9-10(14(16)17)3-2-4-11(9)20(18,19)13-7-12(8-15)5-6-12/h2-4,13,15H,5-8H2,1H3. The van der Waals surface area contributed by atoms with E-state index in [1.54, 1.807) is 0 Å². The van der Waals surface area contributed by atoms with Gasteiger partial charge in [-0.1, -0.05) is 6.07 Å². The molecule has 1 aromatic carbocycles. The number of nitrogens with zero attached hydrogens (tertiary/aromatic N) is 1. The number of nitro groups is 1. The van der Waals surface area contributed by atoms with Crippen LogP contribution in [0.4, 0.5) is 5.69 Å². The maximum atomic E-state index is 12.2. The molecule has 1 saturated carbocycles. The van der Waals surface area contributed by atoms with Crippen LogP contribution in [0.1, 0.15) is 18.4 Å². The maximum absolute atomic E-state index is 12.2.